The Balaban J connectivity index is 1.27. The number of amides is 6. The highest BCUT2D eigenvalue weighted by Gasteiger charge is 2.30. The molecule has 254 valence electrons. The maximum absolute atomic E-state index is 13.3. The summed E-state index contributed by atoms with van der Waals surface area (Å²) in [7, 11) is 0. The molecule has 0 aliphatic heterocycles. The van der Waals surface area contributed by atoms with E-state index in [2.05, 4.69) is 26.7 Å². The first kappa shape index (κ1) is 35.4. The number of anilines is 1. The molecule has 0 spiro atoms. The predicted octanol–water partition coefficient (Wildman–Crippen LogP) is 3.48. The predicted molar refractivity (Wildman–Crippen MR) is 179 cm³/mol. The highest BCUT2D eigenvalue weighted by Crippen LogP contribution is 2.44. The average Bonchev–Trinajstić information content (AvgIpc) is 3.38. The van der Waals surface area contributed by atoms with Crippen LogP contribution in [0.1, 0.15) is 49.3 Å². The molecular formula is C35H42N6O7. The number of nitrogens with two attached hydrogens (primary N) is 1. The van der Waals surface area contributed by atoms with Gasteiger partial charge in [0.05, 0.1) is 0 Å². The van der Waals surface area contributed by atoms with Crippen LogP contribution in [0.5, 0.6) is 0 Å². The number of rotatable bonds is 15. The summed E-state index contributed by atoms with van der Waals surface area (Å²) in [5.74, 6) is -2.22. The molecule has 0 saturated carbocycles. The third kappa shape index (κ3) is 9.79. The third-order valence-corrected chi connectivity index (χ3v) is 7.89. The van der Waals surface area contributed by atoms with E-state index in [-0.39, 0.29) is 31.4 Å². The number of benzene rings is 3. The van der Waals surface area contributed by atoms with Crippen LogP contribution in [-0.4, -0.2) is 61.7 Å². The van der Waals surface area contributed by atoms with Gasteiger partial charge in [0.1, 0.15) is 18.7 Å². The Morgan fingerprint density at radius 2 is 1.46 bits per heavy atom. The second-order valence-corrected chi connectivity index (χ2v) is 11.9. The maximum atomic E-state index is 13.3. The van der Waals surface area contributed by atoms with Gasteiger partial charge < -0.3 is 31.7 Å². The number of nitrogens with one attached hydrogen (secondary N) is 5. The zero-order chi connectivity index (χ0) is 34.6. The van der Waals surface area contributed by atoms with Gasteiger partial charge in [0.15, 0.2) is 6.61 Å². The van der Waals surface area contributed by atoms with Crippen molar-refractivity contribution in [1.82, 2.24) is 21.4 Å². The van der Waals surface area contributed by atoms with Crippen LogP contribution in [0.4, 0.5) is 15.3 Å². The van der Waals surface area contributed by atoms with Gasteiger partial charge in [0, 0.05) is 18.2 Å². The summed E-state index contributed by atoms with van der Waals surface area (Å²) in [4.78, 5) is 67.7. The fourth-order valence-electron chi connectivity index (χ4n) is 5.45. The second-order valence-electron chi connectivity index (χ2n) is 11.9. The summed E-state index contributed by atoms with van der Waals surface area (Å²) in [5, 5.41) is 10.6. The molecule has 4 rings (SSSR count). The van der Waals surface area contributed by atoms with E-state index in [0.717, 1.165) is 27.8 Å². The van der Waals surface area contributed by atoms with Crippen LogP contribution in [0, 0.1) is 12.8 Å². The number of carbonyl (C=O) groups is 5. The molecule has 0 saturated heterocycles. The van der Waals surface area contributed by atoms with Crippen LogP contribution in [-0.2, 0) is 24.0 Å². The fourth-order valence-corrected chi connectivity index (χ4v) is 5.45. The van der Waals surface area contributed by atoms with Crippen LogP contribution in [0.3, 0.4) is 0 Å². The van der Waals surface area contributed by atoms with E-state index >= 15 is 0 Å². The SMILES string of the molecule is Cc1ccc(NC(=O)C(CCCNC(N)=O)NC(=O)C(NC(=O)CONC(=O)OCC2c3ccccc3-c3ccccc32)C(C)C)cc1. The van der Waals surface area contributed by atoms with Crippen molar-refractivity contribution in [1.29, 1.82) is 0 Å². The van der Waals surface area contributed by atoms with E-state index in [1.54, 1.807) is 26.0 Å². The monoisotopic (exact) mass is 658 g/mol. The van der Waals surface area contributed by atoms with Gasteiger partial charge >= 0.3 is 12.1 Å². The van der Waals surface area contributed by atoms with Crippen molar-refractivity contribution in [2.75, 3.05) is 25.1 Å². The minimum Gasteiger partial charge on any atom is -0.447 e. The smallest absolute Gasteiger partial charge is 0.431 e. The van der Waals surface area contributed by atoms with E-state index in [1.165, 1.54) is 0 Å². The topological polar surface area (TPSA) is 190 Å². The van der Waals surface area contributed by atoms with E-state index in [9.17, 15) is 24.0 Å². The highest BCUT2D eigenvalue weighted by atomic mass is 16.7. The average molecular weight is 659 g/mol. The van der Waals surface area contributed by atoms with E-state index in [1.807, 2.05) is 67.6 Å². The molecule has 1 aliphatic rings. The molecule has 0 fully saturated rings. The van der Waals surface area contributed by atoms with Crippen LogP contribution < -0.4 is 32.5 Å². The number of hydrogen-bond donors (Lipinski definition) is 6. The Morgan fingerprint density at radius 3 is 2.06 bits per heavy atom. The quantitative estimate of drug-likeness (QED) is 0.106. The number of ether oxygens (including phenoxy) is 1. The standard InChI is InChI=1S/C35H42N6O7/c1-21(2)31(33(44)39-29(13-8-18-37-34(36)45)32(43)38-23-16-14-22(3)15-17-23)40-30(42)20-48-41-35(46)47-19-28-26-11-6-4-9-24(26)25-10-5-7-12-27(25)28/h4-7,9-12,14-17,21,28-29,31H,8,13,18-20H2,1-3H3,(H,38,43)(H,39,44)(H,40,42)(H,41,46)(H3,36,37,45). The lowest BCUT2D eigenvalue weighted by Gasteiger charge is -2.25. The van der Waals surface area contributed by atoms with Gasteiger partial charge in [0.25, 0.3) is 0 Å². The highest BCUT2D eigenvalue weighted by molar-refractivity contribution is 5.98. The number of hydroxylamine groups is 1. The van der Waals surface area contributed by atoms with Crippen molar-refractivity contribution in [3.05, 3.63) is 89.5 Å². The molecule has 2 unspecified atom stereocenters. The Morgan fingerprint density at radius 1 is 0.833 bits per heavy atom. The molecule has 13 nitrogen and oxygen atoms in total. The minimum atomic E-state index is -1.02. The summed E-state index contributed by atoms with van der Waals surface area (Å²) >= 11 is 0. The molecular weight excluding hydrogens is 616 g/mol. The first-order chi connectivity index (χ1) is 23.0. The Kier molecular flexibility index (Phi) is 12.5. The Hall–Kier alpha value is -5.43. The molecule has 0 aromatic heterocycles. The van der Waals surface area contributed by atoms with E-state index < -0.39 is 48.5 Å². The number of primary amides is 1. The van der Waals surface area contributed by atoms with Crippen molar-refractivity contribution in [2.45, 2.75) is 51.6 Å². The van der Waals surface area contributed by atoms with Crippen LogP contribution >= 0.6 is 0 Å². The third-order valence-electron chi connectivity index (χ3n) is 7.89. The molecule has 1 aliphatic carbocycles. The van der Waals surface area contributed by atoms with Crippen LogP contribution in [0.25, 0.3) is 11.1 Å². The van der Waals surface area contributed by atoms with Gasteiger partial charge in [-0.1, -0.05) is 80.1 Å². The maximum Gasteiger partial charge on any atom is 0.431 e. The largest absolute Gasteiger partial charge is 0.447 e. The van der Waals surface area contributed by atoms with Gasteiger partial charge in [-0.2, -0.15) is 5.48 Å². The fraction of sp³-hybridized carbons (Fsp3) is 0.343. The zero-order valence-electron chi connectivity index (χ0n) is 27.2. The van der Waals surface area contributed by atoms with Gasteiger partial charge in [-0.25, -0.2) is 9.59 Å². The molecule has 0 radical (unpaired) electrons. The van der Waals surface area contributed by atoms with Crippen molar-refractivity contribution >= 4 is 35.5 Å². The van der Waals surface area contributed by atoms with Crippen molar-refractivity contribution < 1.29 is 33.5 Å². The number of carbonyl (C=O) groups excluding carboxylic acids is 5. The van der Waals surface area contributed by atoms with Crippen LogP contribution in [0.15, 0.2) is 72.8 Å². The normalized spacial score (nSPS) is 13.0. The molecule has 0 heterocycles. The molecule has 13 heteroatoms. The molecule has 3 aromatic carbocycles. The summed E-state index contributed by atoms with van der Waals surface area (Å²) in [6.45, 7) is 5.08. The lowest BCUT2D eigenvalue weighted by atomic mass is 9.98. The molecule has 7 N–H and O–H groups in total. The number of urea groups is 1. The van der Waals surface area contributed by atoms with Crippen LogP contribution in [0.2, 0.25) is 0 Å². The Labute approximate surface area is 279 Å². The lowest BCUT2D eigenvalue weighted by Crippen LogP contribution is -2.55. The van der Waals surface area contributed by atoms with E-state index in [4.69, 9.17) is 15.3 Å². The number of fused-ring (bicyclic) bond motifs is 3. The summed E-state index contributed by atoms with van der Waals surface area (Å²) in [6.07, 6.45) is -0.324. The summed E-state index contributed by atoms with van der Waals surface area (Å²) in [5.41, 5.74) is 13.1. The second kappa shape index (κ2) is 16.9. The Bertz CT molecular complexity index is 1570. The van der Waals surface area contributed by atoms with Gasteiger partial charge in [-0.3, -0.25) is 19.2 Å². The van der Waals surface area contributed by atoms with Crippen molar-refractivity contribution in [2.24, 2.45) is 11.7 Å². The molecule has 0 bridgehead atoms. The first-order valence-electron chi connectivity index (χ1n) is 15.8. The van der Waals surface area contributed by atoms with E-state index in [0.29, 0.717) is 12.1 Å². The number of hydrogen-bond acceptors (Lipinski definition) is 7. The van der Waals surface area contributed by atoms with Gasteiger partial charge in [-0.15, -0.1) is 0 Å². The molecule has 48 heavy (non-hydrogen) atoms. The van der Waals surface area contributed by atoms with Gasteiger partial charge in [0.2, 0.25) is 17.7 Å². The first-order valence-corrected chi connectivity index (χ1v) is 15.8. The zero-order valence-corrected chi connectivity index (χ0v) is 27.2. The molecule has 3 aromatic rings. The van der Waals surface area contributed by atoms with Crippen molar-refractivity contribution in [3.8, 4) is 11.1 Å². The lowest BCUT2D eigenvalue weighted by molar-refractivity contribution is -0.134. The molecule has 2 atom stereocenters. The minimum absolute atomic E-state index is 0.0717. The summed E-state index contributed by atoms with van der Waals surface area (Å²) < 4.78 is 5.41. The van der Waals surface area contributed by atoms with Crippen molar-refractivity contribution in [3.63, 3.8) is 0 Å². The van der Waals surface area contributed by atoms with Gasteiger partial charge in [-0.05, 0) is 60.1 Å². The number of aryl methyl sites for hydroxylation is 1. The summed E-state index contributed by atoms with van der Waals surface area (Å²) in [6, 6.07) is 20.4. The molecule has 6 amide bonds.